The van der Waals surface area contributed by atoms with Crippen LogP contribution in [0.3, 0.4) is 0 Å². The van der Waals surface area contributed by atoms with Gasteiger partial charge in [0.2, 0.25) is 0 Å². The number of hydrogen-bond donors (Lipinski definition) is 2. The molecule has 1 saturated carbocycles. The zero-order chi connectivity index (χ0) is 15.1. The number of halogens is 1. The van der Waals surface area contributed by atoms with E-state index in [9.17, 15) is 0 Å². The molecule has 2 aliphatic rings. The van der Waals surface area contributed by atoms with Crippen LogP contribution in [0, 0.1) is 5.92 Å². The predicted octanol–water partition coefficient (Wildman–Crippen LogP) is 2.07. The average Bonchev–Trinajstić information content (AvgIpc) is 3.24. The maximum absolute atomic E-state index is 5.77. The van der Waals surface area contributed by atoms with Crippen LogP contribution in [0.1, 0.15) is 40.0 Å². The van der Waals surface area contributed by atoms with E-state index in [-0.39, 0.29) is 24.0 Å². The van der Waals surface area contributed by atoms with Gasteiger partial charge in [-0.1, -0.05) is 0 Å². The van der Waals surface area contributed by atoms with Crippen LogP contribution in [0.25, 0.3) is 0 Å². The average molecular weight is 424 g/mol. The first-order valence-corrected chi connectivity index (χ1v) is 8.57. The summed E-state index contributed by atoms with van der Waals surface area (Å²) in [7, 11) is 0. The summed E-state index contributed by atoms with van der Waals surface area (Å²) in [4.78, 5) is 7.15. The lowest BCUT2D eigenvalue weighted by Gasteiger charge is -2.35. The summed E-state index contributed by atoms with van der Waals surface area (Å²) in [5.74, 6) is 1.82. The van der Waals surface area contributed by atoms with Crippen molar-refractivity contribution >= 4 is 29.9 Å². The summed E-state index contributed by atoms with van der Waals surface area (Å²) in [5.41, 5.74) is 0. The van der Waals surface area contributed by atoms with Crippen molar-refractivity contribution in [1.29, 1.82) is 0 Å². The summed E-state index contributed by atoms with van der Waals surface area (Å²) >= 11 is 0. The van der Waals surface area contributed by atoms with Gasteiger partial charge >= 0.3 is 0 Å². The van der Waals surface area contributed by atoms with E-state index in [0.717, 1.165) is 57.6 Å². The Balaban J connectivity index is 0.00000242. The van der Waals surface area contributed by atoms with Crippen LogP contribution in [-0.4, -0.2) is 62.3 Å². The maximum atomic E-state index is 5.77. The van der Waals surface area contributed by atoms with Crippen molar-refractivity contribution in [2.75, 3.05) is 39.3 Å². The van der Waals surface area contributed by atoms with Gasteiger partial charge in [-0.05, 0) is 46.0 Å². The van der Waals surface area contributed by atoms with Crippen molar-refractivity contribution in [2.45, 2.75) is 52.2 Å². The summed E-state index contributed by atoms with van der Waals surface area (Å²) in [6.07, 6.45) is 4.58. The summed E-state index contributed by atoms with van der Waals surface area (Å²) in [6, 6.07) is 0. The number of hydrogen-bond acceptors (Lipinski definition) is 3. The van der Waals surface area contributed by atoms with E-state index in [1.165, 1.54) is 12.8 Å². The highest BCUT2D eigenvalue weighted by molar-refractivity contribution is 14.0. The number of nitrogens with zero attached hydrogens (tertiary/aromatic N) is 2. The molecule has 6 heteroatoms. The van der Waals surface area contributed by atoms with Crippen molar-refractivity contribution in [3.63, 3.8) is 0 Å². The van der Waals surface area contributed by atoms with Gasteiger partial charge < -0.3 is 15.4 Å². The lowest BCUT2D eigenvalue weighted by molar-refractivity contribution is -0.0679. The summed E-state index contributed by atoms with van der Waals surface area (Å²) in [5, 5.41) is 6.77. The third kappa shape index (κ3) is 7.97. The van der Waals surface area contributed by atoms with Crippen LogP contribution in [0.5, 0.6) is 0 Å². The number of aliphatic imine (C=N–C) groups is 1. The first-order chi connectivity index (χ1) is 10.2. The minimum atomic E-state index is 0. The zero-order valence-corrected chi connectivity index (χ0v) is 16.6. The molecule has 1 saturated heterocycles. The molecular weight excluding hydrogens is 391 g/mol. The SMILES string of the molecule is CCNC(=NCC1CC1)NCCCN1CC(C)OC(C)C1.I. The van der Waals surface area contributed by atoms with Crippen LogP contribution < -0.4 is 10.6 Å². The smallest absolute Gasteiger partial charge is 0.191 e. The Morgan fingerprint density at radius 1 is 1.18 bits per heavy atom. The van der Waals surface area contributed by atoms with Gasteiger partial charge in [-0.15, -0.1) is 24.0 Å². The van der Waals surface area contributed by atoms with Gasteiger partial charge in [-0.2, -0.15) is 0 Å². The van der Waals surface area contributed by atoms with Crippen LogP contribution in [0.4, 0.5) is 0 Å². The summed E-state index contributed by atoms with van der Waals surface area (Å²) in [6.45, 7) is 12.6. The van der Waals surface area contributed by atoms with E-state index in [1.54, 1.807) is 0 Å². The highest BCUT2D eigenvalue weighted by atomic mass is 127. The first kappa shape index (κ1) is 20.0. The Kier molecular flexibility index (Phi) is 9.66. The van der Waals surface area contributed by atoms with Gasteiger partial charge in [-0.3, -0.25) is 9.89 Å². The topological polar surface area (TPSA) is 48.9 Å². The van der Waals surface area contributed by atoms with E-state index >= 15 is 0 Å². The number of rotatable bonds is 7. The number of guanidine groups is 1. The Morgan fingerprint density at radius 3 is 2.45 bits per heavy atom. The van der Waals surface area contributed by atoms with Crippen molar-refractivity contribution in [3.05, 3.63) is 0 Å². The number of ether oxygens (including phenoxy) is 1. The van der Waals surface area contributed by atoms with E-state index in [2.05, 4.69) is 41.3 Å². The molecule has 2 N–H and O–H groups in total. The third-order valence-corrected chi connectivity index (χ3v) is 3.99. The number of morpholine rings is 1. The second kappa shape index (κ2) is 10.6. The monoisotopic (exact) mass is 424 g/mol. The second-order valence-electron chi connectivity index (χ2n) is 6.46. The van der Waals surface area contributed by atoms with Crippen molar-refractivity contribution < 1.29 is 4.74 Å². The maximum Gasteiger partial charge on any atom is 0.191 e. The third-order valence-electron chi connectivity index (χ3n) is 3.99. The zero-order valence-electron chi connectivity index (χ0n) is 14.3. The van der Waals surface area contributed by atoms with Crippen molar-refractivity contribution in [1.82, 2.24) is 15.5 Å². The Morgan fingerprint density at radius 2 is 1.86 bits per heavy atom. The molecule has 1 aliphatic heterocycles. The van der Waals surface area contributed by atoms with Gasteiger partial charge in [-0.25, -0.2) is 0 Å². The van der Waals surface area contributed by atoms with Gasteiger partial charge in [0.15, 0.2) is 5.96 Å². The number of nitrogens with one attached hydrogen (secondary N) is 2. The lowest BCUT2D eigenvalue weighted by atomic mass is 10.2. The fraction of sp³-hybridized carbons (Fsp3) is 0.938. The second-order valence-corrected chi connectivity index (χ2v) is 6.46. The van der Waals surface area contributed by atoms with Crippen molar-refractivity contribution in [3.8, 4) is 0 Å². The molecule has 0 aromatic heterocycles. The van der Waals surface area contributed by atoms with Crippen LogP contribution in [0.2, 0.25) is 0 Å². The molecule has 0 aromatic rings. The molecular formula is C16H33IN4O. The molecule has 0 radical (unpaired) electrons. The Labute approximate surface area is 152 Å². The normalized spacial score (nSPS) is 26.4. The van der Waals surface area contributed by atoms with Gasteiger partial charge in [0, 0.05) is 39.3 Å². The molecule has 130 valence electrons. The first-order valence-electron chi connectivity index (χ1n) is 8.57. The fourth-order valence-corrected chi connectivity index (χ4v) is 2.84. The molecule has 2 rings (SSSR count). The lowest BCUT2D eigenvalue weighted by Crippen LogP contribution is -2.46. The highest BCUT2D eigenvalue weighted by Gasteiger charge is 2.22. The molecule has 0 amide bonds. The largest absolute Gasteiger partial charge is 0.373 e. The minimum absolute atomic E-state index is 0. The summed E-state index contributed by atoms with van der Waals surface area (Å²) < 4.78 is 5.77. The molecule has 22 heavy (non-hydrogen) atoms. The highest BCUT2D eigenvalue weighted by Crippen LogP contribution is 2.28. The Bertz CT molecular complexity index is 326. The molecule has 2 unspecified atom stereocenters. The Hall–Kier alpha value is -0.0800. The van der Waals surface area contributed by atoms with Crippen molar-refractivity contribution in [2.24, 2.45) is 10.9 Å². The minimum Gasteiger partial charge on any atom is -0.373 e. The standard InChI is InChI=1S/C16H32N4O.HI/c1-4-17-16(19-10-15-6-7-15)18-8-5-9-20-11-13(2)21-14(3)12-20;/h13-15H,4-12H2,1-3H3,(H2,17,18,19);1H. The molecule has 5 nitrogen and oxygen atoms in total. The quantitative estimate of drug-likeness (QED) is 0.284. The van der Waals surface area contributed by atoms with E-state index in [4.69, 9.17) is 4.74 Å². The molecule has 0 spiro atoms. The molecule has 0 bridgehead atoms. The van der Waals surface area contributed by atoms with E-state index in [0.29, 0.717) is 12.2 Å². The molecule has 2 fully saturated rings. The molecule has 2 atom stereocenters. The molecule has 1 heterocycles. The molecule has 0 aromatic carbocycles. The van der Waals surface area contributed by atoms with Gasteiger partial charge in [0.25, 0.3) is 0 Å². The van der Waals surface area contributed by atoms with Crippen LogP contribution in [0.15, 0.2) is 4.99 Å². The fourth-order valence-electron chi connectivity index (χ4n) is 2.84. The van der Waals surface area contributed by atoms with Crippen LogP contribution in [-0.2, 0) is 4.74 Å². The van der Waals surface area contributed by atoms with E-state index in [1.807, 2.05) is 0 Å². The van der Waals surface area contributed by atoms with Gasteiger partial charge in [0.05, 0.1) is 12.2 Å². The van der Waals surface area contributed by atoms with E-state index < -0.39 is 0 Å². The predicted molar refractivity (Wildman–Crippen MR) is 103 cm³/mol. The van der Waals surface area contributed by atoms with Gasteiger partial charge in [0.1, 0.15) is 0 Å². The molecule has 1 aliphatic carbocycles. The van der Waals surface area contributed by atoms with Crippen LogP contribution >= 0.6 is 24.0 Å².